The molecule has 0 aliphatic carbocycles. The van der Waals surface area contributed by atoms with Gasteiger partial charge in [-0.25, -0.2) is 0 Å². The molecule has 1 amide bonds. The number of nitrogens with zero attached hydrogens (tertiary/aromatic N) is 2. The first-order chi connectivity index (χ1) is 7.91. The fourth-order valence-electron chi connectivity index (χ4n) is 1.08. The van der Waals surface area contributed by atoms with Gasteiger partial charge in [-0.3, -0.25) is 14.9 Å². The van der Waals surface area contributed by atoms with Crippen molar-refractivity contribution >= 4 is 29.3 Å². The van der Waals surface area contributed by atoms with Crippen molar-refractivity contribution in [1.29, 1.82) is 0 Å². The number of carbonyl (C=O) groups is 1. The summed E-state index contributed by atoms with van der Waals surface area (Å²) in [6, 6.07) is 4.06. The molecule has 0 aromatic heterocycles. The second kappa shape index (κ2) is 5.45. The molecule has 17 heavy (non-hydrogen) atoms. The van der Waals surface area contributed by atoms with E-state index in [0.717, 1.165) is 0 Å². The number of nitro benzene ring substituents is 1. The molecule has 1 aromatic carbocycles. The lowest BCUT2D eigenvalue weighted by Crippen LogP contribution is -2.18. The highest BCUT2D eigenvalue weighted by atomic mass is 35.5. The van der Waals surface area contributed by atoms with Crippen LogP contribution < -0.4 is 0 Å². The molecule has 1 rings (SSSR count). The maximum absolute atomic E-state index is 11.3. The number of rotatable bonds is 3. The van der Waals surface area contributed by atoms with Gasteiger partial charge >= 0.3 is 0 Å². The summed E-state index contributed by atoms with van der Waals surface area (Å²) in [5.74, 6) is -0.215. The van der Waals surface area contributed by atoms with Crippen molar-refractivity contribution < 1.29 is 9.72 Å². The molecule has 0 aliphatic rings. The molecule has 0 fully saturated rings. The number of hydrogen-bond donors (Lipinski definition) is 0. The van der Waals surface area contributed by atoms with Crippen LogP contribution in [0.25, 0.3) is 6.08 Å². The molecule has 0 atom stereocenters. The number of benzene rings is 1. The summed E-state index contributed by atoms with van der Waals surface area (Å²) in [6.45, 7) is 0. The molecule has 0 saturated heterocycles. The van der Waals surface area contributed by atoms with Crippen LogP contribution in [0.1, 0.15) is 5.56 Å². The minimum atomic E-state index is -0.512. The largest absolute Gasteiger partial charge is 0.345 e. The Balaban J connectivity index is 3.01. The summed E-state index contributed by atoms with van der Waals surface area (Å²) in [5, 5.41) is 10.9. The van der Waals surface area contributed by atoms with Crippen LogP contribution in [-0.2, 0) is 4.79 Å². The lowest BCUT2D eigenvalue weighted by Gasteiger charge is -2.05. The Bertz CT molecular complexity index is 484. The monoisotopic (exact) mass is 254 g/mol. The minimum Gasteiger partial charge on any atom is -0.345 e. The normalized spacial score (nSPS) is 10.5. The quantitative estimate of drug-likeness (QED) is 0.472. The molecule has 0 unspecified atom stereocenters. The Labute approximate surface area is 103 Å². The molecule has 0 radical (unpaired) electrons. The number of amides is 1. The van der Waals surface area contributed by atoms with Crippen LogP contribution in [-0.4, -0.2) is 29.8 Å². The summed E-state index contributed by atoms with van der Waals surface area (Å²) in [4.78, 5) is 22.8. The molecule has 1 aromatic rings. The Morgan fingerprint density at radius 2 is 2.12 bits per heavy atom. The van der Waals surface area contributed by atoms with Crippen LogP contribution in [0.5, 0.6) is 0 Å². The zero-order valence-electron chi connectivity index (χ0n) is 9.38. The van der Waals surface area contributed by atoms with Crippen molar-refractivity contribution in [3.05, 3.63) is 45.0 Å². The van der Waals surface area contributed by atoms with Crippen molar-refractivity contribution in [3.63, 3.8) is 0 Å². The second-order valence-corrected chi connectivity index (χ2v) is 3.94. The highest BCUT2D eigenvalue weighted by molar-refractivity contribution is 6.32. The summed E-state index contributed by atoms with van der Waals surface area (Å²) in [5.41, 5.74) is 0.377. The van der Waals surface area contributed by atoms with Crippen molar-refractivity contribution in [2.24, 2.45) is 0 Å². The van der Waals surface area contributed by atoms with Crippen LogP contribution in [0.4, 0.5) is 5.69 Å². The molecule has 0 spiro atoms. The van der Waals surface area contributed by atoms with Crippen LogP contribution in [0.3, 0.4) is 0 Å². The van der Waals surface area contributed by atoms with Gasteiger partial charge < -0.3 is 4.90 Å². The molecule has 0 bridgehead atoms. The van der Waals surface area contributed by atoms with Crippen molar-refractivity contribution in [1.82, 2.24) is 4.90 Å². The minimum absolute atomic E-state index is 0.0636. The lowest BCUT2D eigenvalue weighted by atomic mass is 10.2. The van der Waals surface area contributed by atoms with E-state index >= 15 is 0 Å². The third-order valence-electron chi connectivity index (χ3n) is 2.04. The van der Waals surface area contributed by atoms with Gasteiger partial charge in [-0.05, 0) is 12.1 Å². The number of halogens is 1. The first kappa shape index (κ1) is 13.2. The molecule has 0 N–H and O–H groups in total. The van der Waals surface area contributed by atoms with Crippen LogP contribution in [0.2, 0.25) is 5.02 Å². The maximum atomic E-state index is 11.3. The van der Waals surface area contributed by atoms with E-state index in [4.69, 9.17) is 11.6 Å². The van der Waals surface area contributed by atoms with Gasteiger partial charge in [-0.1, -0.05) is 11.6 Å². The van der Waals surface area contributed by atoms with Crippen LogP contribution >= 0.6 is 11.6 Å². The van der Waals surface area contributed by atoms with E-state index in [9.17, 15) is 14.9 Å². The van der Waals surface area contributed by atoms with Gasteiger partial charge in [0, 0.05) is 42.9 Å². The molecular weight excluding hydrogens is 244 g/mol. The molecular formula is C11H11ClN2O3. The van der Waals surface area contributed by atoms with E-state index in [0.29, 0.717) is 10.6 Å². The van der Waals surface area contributed by atoms with E-state index in [1.165, 1.54) is 35.3 Å². The summed E-state index contributed by atoms with van der Waals surface area (Å²) in [7, 11) is 3.23. The molecule has 0 saturated carbocycles. The SMILES string of the molecule is CN(C)C(=O)C=Cc1cc([N+](=O)[O-])ccc1Cl. The predicted molar refractivity (Wildman–Crippen MR) is 65.8 cm³/mol. The Kier molecular flexibility index (Phi) is 4.23. The number of carbonyl (C=O) groups excluding carboxylic acids is 1. The Morgan fingerprint density at radius 3 is 2.65 bits per heavy atom. The van der Waals surface area contributed by atoms with Crippen molar-refractivity contribution in [2.75, 3.05) is 14.1 Å². The molecule has 0 heterocycles. The highest BCUT2D eigenvalue weighted by Gasteiger charge is 2.08. The van der Waals surface area contributed by atoms with E-state index in [1.54, 1.807) is 14.1 Å². The average molecular weight is 255 g/mol. The van der Waals surface area contributed by atoms with E-state index in [2.05, 4.69) is 0 Å². The van der Waals surface area contributed by atoms with Gasteiger partial charge in [0.05, 0.1) is 4.92 Å². The van der Waals surface area contributed by atoms with E-state index < -0.39 is 4.92 Å². The number of likely N-dealkylation sites (N-methyl/N-ethyl adjacent to an activating group) is 1. The highest BCUT2D eigenvalue weighted by Crippen LogP contribution is 2.23. The van der Waals surface area contributed by atoms with Gasteiger partial charge in [-0.15, -0.1) is 0 Å². The first-order valence-corrected chi connectivity index (χ1v) is 5.13. The number of non-ortho nitro benzene ring substituents is 1. The van der Waals surface area contributed by atoms with E-state index in [-0.39, 0.29) is 11.6 Å². The summed E-state index contributed by atoms with van der Waals surface area (Å²) < 4.78 is 0. The topological polar surface area (TPSA) is 63.5 Å². The van der Waals surface area contributed by atoms with E-state index in [1.807, 2.05) is 0 Å². The maximum Gasteiger partial charge on any atom is 0.270 e. The lowest BCUT2D eigenvalue weighted by molar-refractivity contribution is -0.384. The first-order valence-electron chi connectivity index (χ1n) is 4.75. The molecule has 0 aliphatic heterocycles. The molecule has 90 valence electrons. The van der Waals surface area contributed by atoms with Gasteiger partial charge in [0.2, 0.25) is 5.91 Å². The van der Waals surface area contributed by atoms with Gasteiger partial charge in [-0.2, -0.15) is 0 Å². The zero-order chi connectivity index (χ0) is 13.0. The second-order valence-electron chi connectivity index (χ2n) is 3.53. The number of hydrogen-bond acceptors (Lipinski definition) is 3. The van der Waals surface area contributed by atoms with Gasteiger partial charge in [0.25, 0.3) is 5.69 Å². The smallest absolute Gasteiger partial charge is 0.270 e. The van der Waals surface area contributed by atoms with Crippen LogP contribution in [0, 0.1) is 10.1 Å². The summed E-state index contributed by atoms with van der Waals surface area (Å²) >= 11 is 5.87. The molecule has 6 heteroatoms. The van der Waals surface area contributed by atoms with Gasteiger partial charge in [0.15, 0.2) is 0 Å². The number of nitro groups is 1. The third kappa shape index (κ3) is 3.57. The van der Waals surface area contributed by atoms with Crippen molar-refractivity contribution in [2.45, 2.75) is 0 Å². The van der Waals surface area contributed by atoms with Gasteiger partial charge in [0.1, 0.15) is 0 Å². The van der Waals surface area contributed by atoms with Crippen molar-refractivity contribution in [3.8, 4) is 0 Å². The predicted octanol–water partition coefficient (Wildman–Crippen LogP) is 2.35. The zero-order valence-corrected chi connectivity index (χ0v) is 10.1. The average Bonchev–Trinajstić information content (AvgIpc) is 2.26. The standard InChI is InChI=1S/C11H11ClN2O3/c1-13(2)11(15)6-3-8-7-9(14(16)17)4-5-10(8)12/h3-7H,1-2H3. The fraction of sp³-hybridized carbons (Fsp3) is 0.182. The summed E-state index contributed by atoms with van der Waals surface area (Å²) in [6.07, 6.45) is 2.77. The van der Waals surface area contributed by atoms with Crippen LogP contribution in [0.15, 0.2) is 24.3 Å². The Morgan fingerprint density at radius 1 is 1.47 bits per heavy atom. The Hall–Kier alpha value is -1.88. The third-order valence-corrected chi connectivity index (χ3v) is 2.38. The molecule has 5 nitrogen and oxygen atoms in total. The fourth-order valence-corrected chi connectivity index (χ4v) is 1.26.